The summed E-state index contributed by atoms with van der Waals surface area (Å²) in [5, 5.41) is 5.63. The van der Waals surface area contributed by atoms with Gasteiger partial charge in [-0.3, -0.25) is 14.4 Å². The SMILES string of the molecule is CC(C)OC(=O)c1ccc(NC(=O)CCC(=O)OCC(=O)Nc2cccc(Cl)c2)cc1. The van der Waals surface area contributed by atoms with Crippen LogP contribution in [0.1, 0.15) is 37.0 Å². The average molecular weight is 447 g/mol. The van der Waals surface area contributed by atoms with Gasteiger partial charge in [0, 0.05) is 22.8 Å². The zero-order valence-electron chi connectivity index (χ0n) is 17.1. The molecule has 2 aromatic carbocycles. The number of amides is 2. The van der Waals surface area contributed by atoms with Crippen molar-refractivity contribution in [2.45, 2.75) is 32.8 Å². The third kappa shape index (κ3) is 8.88. The van der Waals surface area contributed by atoms with Crippen LogP contribution in [0.25, 0.3) is 0 Å². The molecule has 2 N–H and O–H groups in total. The van der Waals surface area contributed by atoms with Crippen molar-refractivity contribution in [3.63, 3.8) is 0 Å². The average Bonchev–Trinajstić information content (AvgIpc) is 2.71. The normalized spacial score (nSPS) is 10.3. The molecule has 0 radical (unpaired) electrons. The molecule has 0 saturated carbocycles. The Labute approximate surface area is 184 Å². The van der Waals surface area contributed by atoms with Crippen LogP contribution in [-0.2, 0) is 23.9 Å². The number of halogens is 1. The Morgan fingerprint density at radius 3 is 2.23 bits per heavy atom. The van der Waals surface area contributed by atoms with E-state index in [1.165, 1.54) is 12.1 Å². The van der Waals surface area contributed by atoms with Gasteiger partial charge in [-0.05, 0) is 56.3 Å². The highest BCUT2D eigenvalue weighted by Gasteiger charge is 2.12. The second-order valence-corrected chi connectivity index (χ2v) is 7.24. The zero-order valence-corrected chi connectivity index (χ0v) is 17.9. The molecule has 0 aliphatic rings. The molecule has 0 unspecified atom stereocenters. The molecule has 0 aromatic heterocycles. The van der Waals surface area contributed by atoms with Gasteiger partial charge in [-0.15, -0.1) is 0 Å². The molecule has 0 aliphatic carbocycles. The Balaban J connectivity index is 1.70. The topological polar surface area (TPSA) is 111 Å². The number of carbonyl (C=O) groups is 4. The summed E-state index contributed by atoms with van der Waals surface area (Å²) in [6.45, 7) is 3.04. The number of carbonyl (C=O) groups excluding carboxylic acids is 4. The number of nitrogens with one attached hydrogen (secondary N) is 2. The molecule has 0 saturated heterocycles. The Hall–Kier alpha value is -3.39. The van der Waals surface area contributed by atoms with E-state index in [9.17, 15) is 19.2 Å². The van der Waals surface area contributed by atoms with Gasteiger partial charge in [-0.25, -0.2) is 4.79 Å². The predicted molar refractivity (Wildman–Crippen MR) is 116 cm³/mol. The molecular formula is C22H23ClN2O6. The smallest absolute Gasteiger partial charge is 0.338 e. The molecule has 0 bridgehead atoms. The van der Waals surface area contributed by atoms with Crippen LogP contribution >= 0.6 is 11.6 Å². The summed E-state index contributed by atoms with van der Waals surface area (Å²) in [6.07, 6.45) is -0.532. The van der Waals surface area contributed by atoms with Crippen LogP contribution in [0.5, 0.6) is 0 Å². The molecular weight excluding hydrogens is 424 g/mol. The van der Waals surface area contributed by atoms with Crippen LogP contribution in [0.3, 0.4) is 0 Å². The highest BCUT2D eigenvalue weighted by Crippen LogP contribution is 2.15. The van der Waals surface area contributed by atoms with E-state index >= 15 is 0 Å². The van der Waals surface area contributed by atoms with E-state index in [0.29, 0.717) is 22.0 Å². The quantitative estimate of drug-likeness (QED) is 0.567. The molecule has 2 rings (SSSR count). The number of rotatable bonds is 9. The van der Waals surface area contributed by atoms with Crippen LogP contribution in [0.4, 0.5) is 11.4 Å². The van der Waals surface area contributed by atoms with Crippen molar-refractivity contribution < 1.29 is 28.7 Å². The van der Waals surface area contributed by atoms with Crippen LogP contribution in [0, 0.1) is 0 Å². The number of benzene rings is 2. The van der Waals surface area contributed by atoms with Crippen molar-refractivity contribution in [2.75, 3.05) is 17.2 Å². The van der Waals surface area contributed by atoms with Crippen LogP contribution in [0.15, 0.2) is 48.5 Å². The summed E-state index contributed by atoms with van der Waals surface area (Å²) in [4.78, 5) is 47.3. The van der Waals surface area contributed by atoms with E-state index in [1.807, 2.05) is 0 Å². The van der Waals surface area contributed by atoms with Crippen molar-refractivity contribution >= 4 is 46.7 Å². The van der Waals surface area contributed by atoms with Gasteiger partial charge in [-0.2, -0.15) is 0 Å². The Morgan fingerprint density at radius 1 is 0.903 bits per heavy atom. The van der Waals surface area contributed by atoms with Crippen LogP contribution in [-0.4, -0.2) is 36.5 Å². The first-order valence-electron chi connectivity index (χ1n) is 9.55. The summed E-state index contributed by atoms with van der Waals surface area (Å²) >= 11 is 5.83. The molecule has 0 atom stereocenters. The standard InChI is InChI=1S/C22H23ClN2O6/c1-14(2)31-22(29)15-6-8-17(9-7-15)24-19(26)10-11-21(28)30-13-20(27)25-18-5-3-4-16(23)12-18/h3-9,12,14H,10-11,13H2,1-2H3,(H,24,26)(H,25,27). The van der Waals surface area contributed by atoms with Crippen molar-refractivity contribution in [1.29, 1.82) is 0 Å². The second kappa shape index (κ2) is 11.7. The van der Waals surface area contributed by atoms with Gasteiger partial charge in [0.25, 0.3) is 5.91 Å². The number of esters is 2. The molecule has 31 heavy (non-hydrogen) atoms. The lowest BCUT2D eigenvalue weighted by Gasteiger charge is -2.09. The highest BCUT2D eigenvalue weighted by atomic mass is 35.5. The summed E-state index contributed by atoms with van der Waals surface area (Å²) in [7, 11) is 0. The molecule has 9 heteroatoms. The monoisotopic (exact) mass is 446 g/mol. The summed E-state index contributed by atoms with van der Waals surface area (Å²) < 4.78 is 9.95. The Morgan fingerprint density at radius 2 is 1.58 bits per heavy atom. The minimum atomic E-state index is -0.678. The van der Waals surface area contributed by atoms with E-state index in [2.05, 4.69) is 10.6 Å². The van der Waals surface area contributed by atoms with E-state index in [1.54, 1.807) is 50.2 Å². The summed E-state index contributed by atoms with van der Waals surface area (Å²) in [5.41, 5.74) is 1.32. The fourth-order valence-electron chi connectivity index (χ4n) is 2.39. The Kier molecular flexibility index (Phi) is 9.02. The van der Waals surface area contributed by atoms with Gasteiger partial charge >= 0.3 is 11.9 Å². The minimum Gasteiger partial charge on any atom is -0.459 e. The van der Waals surface area contributed by atoms with Gasteiger partial charge in [0.15, 0.2) is 6.61 Å². The number of anilines is 2. The molecule has 164 valence electrons. The van der Waals surface area contributed by atoms with Gasteiger partial charge < -0.3 is 20.1 Å². The zero-order chi connectivity index (χ0) is 22.8. The fourth-order valence-corrected chi connectivity index (χ4v) is 2.58. The first-order chi connectivity index (χ1) is 14.7. The maximum absolute atomic E-state index is 12.0. The molecule has 0 aliphatic heterocycles. The van der Waals surface area contributed by atoms with Gasteiger partial charge in [0.1, 0.15) is 0 Å². The maximum Gasteiger partial charge on any atom is 0.338 e. The lowest BCUT2D eigenvalue weighted by atomic mass is 10.2. The second-order valence-electron chi connectivity index (χ2n) is 6.80. The van der Waals surface area contributed by atoms with E-state index < -0.39 is 30.4 Å². The molecule has 0 fully saturated rings. The minimum absolute atomic E-state index is 0.119. The largest absolute Gasteiger partial charge is 0.459 e. The Bertz CT molecular complexity index is 943. The first-order valence-corrected chi connectivity index (χ1v) is 9.92. The number of hydrogen-bond acceptors (Lipinski definition) is 6. The van der Waals surface area contributed by atoms with Gasteiger partial charge in [0.2, 0.25) is 5.91 Å². The molecule has 0 spiro atoms. The lowest BCUT2D eigenvalue weighted by Crippen LogP contribution is -2.21. The van der Waals surface area contributed by atoms with Gasteiger partial charge in [0.05, 0.1) is 18.1 Å². The molecule has 8 nitrogen and oxygen atoms in total. The van der Waals surface area contributed by atoms with Crippen molar-refractivity contribution in [2.24, 2.45) is 0 Å². The number of hydrogen-bond donors (Lipinski definition) is 2. The lowest BCUT2D eigenvalue weighted by molar-refractivity contribution is -0.147. The molecule has 2 amide bonds. The predicted octanol–water partition coefficient (Wildman–Crippen LogP) is 3.81. The maximum atomic E-state index is 12.0. The van der Waals surface area contributed by atoms with E-state index in [0.717, 1.165) is 0 Å². The van der Waals surface area contributed by atoms with E-state index in [4.69, 9.17) is 21.1 Å². The third-order valence-corrected chi connectivity index (χ3v) is 4.01. The van der Waals surface area contributed by atoms with Crippen LogP contribution in [0.2, 0.25) is 5.02 Å². The van der Waals surface area contributed by atoms with Gasteiger partial charge in [-0.1, -0.05) is 17.7 Å². The van der Waals surface area contributed by atoms with Crippen LogP contribution < -0.4 is 10.6 Å². The third-order valence-electron chi connectivity index (χ3n) is 3.78. The summed E-state index contributed by atoms with van der Waals surface area (Å²) in [6, 6.07) is 12.7. The first kappa shape index (κ1) is 23.9. The van der Waals surface area contributed by atoms with Crippen molar-refractivity contribution in [3.8, 4) is 0 Å². The van der Waals surface area contributed by atoms with E-state index in [-0.39, 0.29) is 18.9 Å². The molecule has 0 heterocycles. The molecule has 2 aromatic rings. The highest BCUT2D eigenvalue weighted by molar-refractivity contribution is 6.30. The van der Waals surface area contributed by atoms with Crippen molar-refractivity contribution in [1.82, 2.24) is 0 Å². The summed E-state index contributed by atoms with van der Waals surface area (Å²) in [5.74, 6) is -2.05. The van der Waals surface area contributed by atoms with Crippen molar-refractivity contribution in [3.05, 3.63) is 59.1 Å². The number of ether oxygens (including phenoxy) is 2. The fraction of sp³-hybridized carbons (Fsp3) is 0.273.